The molecule has 1 atom stereocenters. The van der Waals surface area contributed by atoms with Gasteiger partial charge in [0, 0.05) is 5.92 Å². The lowest BCUT2D eigenvalue weighted by molar-refractivity contribution is -0.913. The molecule has 0 rings (SSSR count). The topological polar surface area (TPSA) is 57.1 Å². The molecular weight excluding hydrogens is 106 g/mol. The van der Waals surface area contributed by atoms with Gasteiger partial charge in [0.05, 0.1) is 6.61 Å². The van der Waals surface area contributed by atoms with Crippen LogP contribution in [0.1, 0.15) is 13.8 Å². The fraction of sp³-hybridized carbons (Fsp3) is 1.00. The summed E-state index contributed by atoms with van der Waals surface area (Å²) in [5, 5.41) is 16.9. The van der Waals surface area contributed by atoms with Crippen molar-refractivity contribution >= 4 is 0 Å². The van der Waals surface area contributed by atoms with E-state index in [0.717, 1.165) is 5.48 Å². The number of quaternary nitrogens is 1. The molecule has 3 heteroatoms. The molecule has 0 unspecified atom stereocenters. The smallest absolute Gasteiger partial charge is 0.141 e. The second-order valence-corrected chi connectivity index (χ2v) is 2.24. The lowest BCUT2D eigenvalue weighted by Gasteiger charge is -2.10. The molecule has 0 aliphatic carbocycles. The van der Waals surface area contributed by atoms with Crippen LogP contribution >= 0.6 is 0 Å². The number of hydrogen-bond donors (Lipinski definition) is 3. The third-order valence-corrected chi connectivity index (χ3v) is 1.26. The molecule has 0 aliphatic heterocycles. The van der Waals surface area contributed by atoms with Crippen molar-refractivity contribution in [2.24, 2.45) is 5.92 Å². The minimum absolute atomic E-state index is 0.0359. The van der Waals surface area contributed by atoms with Crippen molar-refractivity contribution in [2.75, 3.05) is 6.61 Å². The summed E-state index contributed by atoms with van der Waals surface area (Å²) in [6, 6.07) is -0.0602. The molecule has 4 N–H and O–H groups in total. The zero-order chi connectivity index (χ0) is 6.57. The number of hydrogen-bond acceptors (Lipinski definition) is 2. The van der Waals surface area contributed by atoms with Gasteiger partial charge in [-0.1, -0.05) is 13.8 Å². The molecule has 3 nitrogen and oxygen atoms in total. The Morgan fingerprint density at radius 3 is 2.00 bits per heavy atom. The zero-order valence-corrected chi connectivity index (χ0v) is 5.33. The van der Waals surface area contributed by atoms with Gasteiger partial charge >= 0.3 is 0 Å². The fourth-order valence-electron chi connectivity index (χ4n) is 0.430. The summed E-state index contributed by atoms with van der Waals surface area (Å²) in [5.74, 6) is 0.324. The van der Waals surface area contributed by atoms with Crippen molar-refractivity contribution in [1.29, 1.82) is 0 Å². The van der Waals surface area contributed by atoms with E-state index in [2.05, 4.69) is 0 Å². The summed E-state index contributed by atoms with van der Waals surface area (Å²) in [5.41, 5.74) is 1.05. The predicted octanol–water partition coefficient (Wildman–Crippen LogP) is -1.04. The molecule has 0 saturated carbocycles. The normalized spacial score (nSPS) is 14.6. The van der Waals surface area contributed by atoms with Gasteiger partial charge in [-0.3, -0.25) is 0 Å². The molecule has 0 saturated heterocycles. The molecule has 0 spiro atoms. The van der Waals surface area contributed by atoms with Crippen LogP contribution in [0.25, 0.3) is 0 Å². The molecule has 0 aliphatic rings. The maximum absolute atomic E-state index is 8.51. The molecular formula is C5H14NO2+. The van der Waals surface area contributed by atoms with Crippen LogP contribution in [-0.2, 0) is 0 Å². The first kappa shape index (κ1) is 7.88. The van der Waals surface area contributed by atoms with Gasteiger partial charge in [0.25, 0.3) is 0 Å². The van der Waals surface area contributed by atoms with Crippen LogP contribution in [0.2, 0.25) is 0 Å². The van der Waals surface area contributed by atoms with E-state index in [-0.39, 0.29) is 12.6 Å². The van der Waals surface area contributed by atoms with Gasteiger partial charge in [0.1, 0.15) is 6.04 Å². The van der Waals surface area contributed by atoms with Gasteiger partial charge in [0.15, 0.2) is 0 Å². The summed E-state index contributed by atoms with van der Waals surface area (Å²) in [6.45, 7) is 3.94. The first-order chi connectivity index (χ1) is 3.72. The Morgan fingerprint density at radius 2 is 2.00 bits per heavy atom. The molecule has 0 amide bonds. The Balaban J connectivity index is 3.35. The quantitative estimate of drug-likeness (QED) is 0.416. The maximum Gasteiger partial charge on any atom is 0.141 e. The van der Waals surface area contributed by atoms with Gasteiger partial charge < -0.3 is 5.11 Å². The van der Waals surface area contributed by atoms with Crippen molar-refractivity contribution in [3.8, 4) is 0 Å². The highest BCUT2D eigenvalue weighted by atomic mass is 16.5. The largest absolute Gasteiger partial charge is 0.390 e. The van der Waals surface area contributed by atoms with Crippen LogP contribution in [0, 0.1) is 5.92 Å². The summed E-state index contributed by atoms with van der Waals surface area (Å²) in [6.07, 6.45) is 0. The van der Waals surface area contributed by atoms with Crippen LogP contribution in [-0.4, -0.2) is 23.0 Å². The van der Waals surface area contributed by atoms with E-state index < -0.39 is 0 Å². The molecule has 0 fully saturated rings. The number of rotatable bonds is 3. The van der Waals surface area contributed by atoms with Crippen LogP contribution in [0.4, 0.5) is 0 Å². The predicted molar refractivity (Wildman–Crippen MR) is 29.4 cm³/mol. The summed E-state index contributed by atoms with van der Waals surface area (Å²) in [4.78, 5) is 0. The molecule has 0 bridgehead atoms. The van der Waals surface area contributed by atoms with Crippen molar-refractivity contribution < 1.29 is 15.8 Å². The molecule has 0 aromatic heterocycles. The van der Waals surface area contributed by atoms with Crippen LogP contribution in [0.5, 0.6) is 0 Å². The zero-order valence-electron chi connectivity index (χ0n) is 5.33. The van der Waals surface area contributed by atoms with E-state index in [1.54, 1.807) is 0 Å². The third-order valence-electron chi connectivity index (χ3n) is 1.26. The molecule has 0 aromatic carbocycles. The monoisotopic (exact) mass is 120 g/mol. The third kappa shape index (κ3) is 2.26. The van der Waals surface area contributed by atoms with Crippen LogP contribution in [0.15, 0.2) is 0 Å². The van der Waals surface area contributed by atoms with Crippen molar-refractivity contribution in [3.05, 3.63) is 0 Å². The lowest BCUT2D eigenvalue weighted by Crippen LogP contribution is -2.89. The maximum atomic E-state index is 8.51. The average molecular weight is 120 g/mol. The van der Waals surface area contributed by atoms with E-state index >= 15 is 0 Å². The van der Waals surface area contributed by atoms with Crippen molar-refractivity contribution in [2.45, 2.75) is 19.9 Å². The highest BCUT2D eigenvalue weighted by Crippen LogP contribution is 1.93. The summed E-state index contributed by atoms with van der Waals surface area (Å²) < 4.78 is 0. The van der Waals surface area contributed by atoms with Crippen molar-refractivity contribution in [1.82, 2.24) is 0 Å². The Morgan fingerprint density at radius 1 is 1.50 bits per heavy atom. The molecule has 8 heavy (non-hydrogen) atoms. The molecule has 0 heterocycles. The Labute approximate surface area is 49.3 Å². The number of nitrogens with two attached hydrogens (primary N) is 1. The molecule has 0 aromatic rings. The van der Waals surface area contributed by atoms with Gasteiger partial charge in [-0.2, -0.15) is 5.48 Å². The average Bonchev–Trinajstić information content (AvgIpc) is 1.69. The molecule has 0 radical (unpaired) electrons. The van der Waals surface area contributed by atoms with Gasteiger partial charge in [-0.05, 0) is 0 Å². The second kappa shape index (κ2) is 3.83. The Kier molecular flexibility index (Phi) is 3.77. The highest BCUT2D eigenvalue weighted by Gasteiger charge is 2.13. The van der Waals surface area contributed by atoms with E-state index in [4.69, 9.17) is 10.3 Å². The van der Waals surface area contributed by atoms with E-state index in [9.17, 15) is 0 Å². The first-order valence-electron chi connectivity index (χ1n) is 2.80. The van der Waals surface area contributed by atoms with Crippen LogP contribution in [0.3, 0.4) is 0 Å². The van der Waals surface area contributed by atoms with Crippen LogP contribution < -0.4 is 5.48 Å². The Bertz CT molecular complexity index is 52.4. The standard InChI is InChI=1S/C5H13NO2/c1-4(2)5(3-7)6-8/h4-8H,3H2,1-2H3/p+1/t5-/m1/s1. The second-order valence-electron chi connectivity index (χ2n) is 2.24. The van der Waals surface area contributed by atoms with E-state index in [1.807, 2.05) is 13.8 Å². The fourth-order valence-corrected chi connectivity index (χ4v) is 0.430. The van der Waals surface area contributed by atoms with Gasteiger partial charge in [-0.15, -0.1) is 0 Å². The lowest BCUT2D eigenvalue weighted by atomic mass is 10.1. The summed E-state index contributed by atoms with van der Waals surface area (Å²) in [7, 11) is 0. The highest BCUT2D eigenvalue weighted by molar-refractivity contribution is 4.53. The van der Waals surface area contributed by atoms with Crippen molar-refractivity contribution in [3.63, 3.8) is 0 Å². The number of aliphatic hydroxyl groups excluding tert-OH is 1. The SMILES string of the molecule is CC(C)[C@@H](CO)[NH2+]O. The summed E-state index contributed by atoms with van der Waals surface area (Å²) >= 11 is 0. The first-order valence-corrected chi connectivity index (χ1v) is 2.80. The molecule has 50 valence electrons. The van der Waals surface area contributed by atoms with Gasteiger partial charge in [-0.25, -0.2) is 5.21 Å². The minimum atomic E-state index is -0.0602. The van der Waals surface area contributed by atoms with Gasteiger partial charge in [0.2, 0.25) is 0 Å². The number of hydroxylamine groups is 1. The van der Waals surface area contributed by atoms with E-state index in [0.29, 0.717) is 5.92 Å². The number of aliphatic hydroxyl groups is 1. The van der Waals surface area contributed by atoms with E-state index in [1.165, 1.54) is 0 Å². The minimum Gasteiger partial charge on any atom is -0.390 e. The Hall–Kier alpha value is -0.120.